The summed E-state index contributed by atoms with van der Waals surface area (Å²) < 4.78 is 4.75. The average molecular weight is 405 g/mol. The Bertz CT molecular complexity index is 925. The van der Waals surface area contributed by atoms with Crippen LogP contribution in [0.25, 0.3) is 0 Å². The molecule has 28 heavy (non-hydrogen) atoms. The van der Waals surface area contributed by atoms with Gasteiger partial charge in [0.05, 0.1) is 24.2 Å². The van der Waals surface area contributed by atoms with Crippen molar-refractivity contribution in [2.45, 2.75) is 40.2 Å². The van der Waals surface area contributed by atoms with Gasteiger partial charge in [0.25, 0.3) is 5.91 Å². The van der Waals surface area contributed by atoms with Gasteiger partial charge >= 0.3 is 5.97 Å². The second-order valence-electron chi connectivity index (χ2n) is 7.58. The number of hydrogen-bond acceptors (Lipinski definition) is 4. The van der Waals surface area contributed by atoms with E-state index in [2.05, 4.69) is 4.98 Å². The number of ketones is 1. The molecule has 0 saturated carbocycles. The third-order valence-corrected chi connectivity index (χ3v) is 4.90. The first-order valence-electron chi connectivity index (χ1n) is 8.86. The summed E-state index contributed by atoms with van der Waals surface area (Å²) >= 11 is 6.18. The number of carbonyl (C=O) groups excluding carboxylic acids is 3. The number of aromatic amines is 1. The molecule has 2 rings (SSSR count). The van der Waals surface area contributed by atoms with Crippen molar-refractivity contribution in [3.05, 3.63) is 57.4 Å². The summed E-state index contributed by atoms with van der Waals surface area (Å²) in [5, 5.41) is 0.330. The molecule has 0 aliphatic carbocycles. The number of nitrogens with one attached hydrogen (secondary N) is 1. The molecule has 0 radical (unpaired) electrons. The van der Waals surface area contributed by atoms with E-state index >= 15 is 0 Å². The smallest absolute Gasteiger partial charge is 0.354 e. The summed E-state index contributed by atoms with van der Waals surface area (Å²) in [6.45, 7) is 8.81. The van der Waals surface area contributed by atoms with Gasteiger partial charge in [-0.3, -0.25) is 9.59 Å². The molecule has 7 heteroatoms. The van der Waals surface area contributed by atoms with E-state index in [9.17, 15) is 14.4 Å². The van der Waals surface area contributed by atoms with E-state index in [4.69, 9.17) is 16.3 Å². The summed E-state index contributed by atoms with van der Waals surface area (Å²) in [6, 6.07) is 6.74. The summed E-state index contributed by atoms with van der Waals surface area (Å²) in [6.07, 6.45) is 0. The Labute approximate surface area is 169 Å². The number of ether oxygens (including phenoxy) is 1. The number of hydrogen-bond donors (Lipinski definition) is 1. The van der Waals surface area contributed by atoms with E-state index in [1.807, 2.05) is 20.8 Å². The molecule has 0 unspecified atom stereocenters. The summed E-state index contributed by atoms with van der Waals surface area (Å²) in [7, 11) is 1.28. The van der Waals surface area contributed by atoms with E-state index in [1.165, 1.54) is 12.0 Å². The lowest BCUT2D eigenvalue weighted by Crippen LogP contribution is -2.48. The van der Waals surface area contributed by atoms with Crippen LogP contribution in [0, 0.1) is 13.8 Å². The predicted molar refractivity (Wildman–Crippen MR) is 108 cm³/mol. The summed E-state index contributed by atoms with van der Waals surface area (Å²) in [4.78, 5) is 42.5. The van der Waals surface area contributed by atoms with Crippen molar-refractivity contribution in [3.8, 4) is 0 Å². The topological polar surface area (TPSA) is 79.5 Å². The van der Waals surface area contributed by atoms with Gasteiger partial charge < -0.3 is 14.6 Å². The number of H-pyrrole nitrogens is 1. The second kappa shape index (κ2) is 8.19. The molecule has 0 saturated heterocycles. The number of nitrogens with zero attached hydrogens (tertiary/aromatic N) is 1. The third-order valence-electron chi connectivity index (χ3n) is 4.57. The highest BCUT2D eigenvalue weighted by molar-refractivity contribution is 6.33. The number of benzene rings is 1. The summed E-state index contributed by atoms with van der Waals surface area (Å²) in [5.74, 6) is -1.14. The van der Waals surface area contributed by atoms with Gasteiger partial charge in [-0.2, -0.15) is 0 Å². The molecule has 0 spiro atoms. The van der Waals surface area contributed by atoms with Crippen molar-refractivity contribution in [1.82, 2.24) is 9.88 Å². The number of aromatic nitrogens is 1. The lowest BCUT2D eigenvalue weighted by molar-refractivity contribution is 0.0546. The maximum absolute atomic E-state index is 13.1. The Morgan fingerprint density at radius 2 is 1.75 bits per heavy atom. The molecule has 6 nitrogen and oxygen atoms in total. The minimum Gasteiger partial charge on any atom is -0.464 e. The van der Waals surface area contributed by atoms with Gasteiger partial charge in [0.15, 0.2) is 5.78 Å². The first-order chi connectivity index (χ1) is 13.0. The van der Waals surface area contributed by atoms with Crippen molar-refractivity contribution < 1.29 is 19.1 Å². The molecule has 1 heterocycles. The van der Waals surface area contributed by atoms with Gasteiger partial charge in [0, 0.05) is 16.8 Å². The number of carbonyl (C=O) groups is 3. The fourth-order valence-corrected chi connectivity index (χ4v) is 3.31. The Morgan fingerprint density at radius 3 is 2.29 bits per heavy atom. The number of rotatable bonds is 5. The van der Waals surface area contributed by atoms with Gasteiger partial charge in [0.2, 0.25) is 0 Å². The van der Waals surface area contributed by atoms with Crippen LogP contribution in [0.3, 0.4) is 0 Å². The van der Waals surface area contributed by atoms with Crippen molar-refractivity contribution in [1.29, 1.82) is 0 Å². The molecule has 1 amide bonds. The van der Waals surface area contributed by atoms with Gasteiger partial charge in [-0.05, 0) is 52.3 Å². The molecule has 1 aromatic carbocycles. The zero-order valence-corrected chi connectivity index (χ0v) is 17.7. The van der Waals surface area contributed by atoms with E-state index in [0.717, 1.165) is 0 Å². The van der Waals surface area contributed by atoms with E-state index < -0.39 is 11.5 Å². The van der Waals surface area contributed by atoms with Crippen molar-refractivity contribution in [3.63, 3.8) is 0 Å². The molecule has 0 aliphatic rings. The van der Waals surface area contributed by atoms with Crippen LogP contribution in [0.4, 0.5) is 0 Å². The van der Waals surface area contributed by atoms with Crippen molar-refractivity contribution in [2.24, 2.45) is 0 Å². The van der Waals surface area contributed by atoms with Gasteiger partial charge in [0.1, 0.15) is 5.69 Å². The number of methoxy groups -OCH3 is 1. The van der Waals surface area contributed by atoms with Crippen LogP contribution in [0.5, 0.6) is 0 Å². The molecule has 0 bridgehead atoms. The van der Waals surface area contributed by atoms with E-state index in [1.54, 1.807) is 38.1 Å². The van der Waals surface area contributed by atoms with Crippen LogP contribution in [-0.4, -0.2) is 46.7 Å². The van der Waals surface area contributed by atoms with Gasteiger partial charge in [-0.15, -0.1) is 0 Å². The average Bonchev–Trinajstić information content (AvgIpc) is 2.92. The first-order valence-corrected chi connectivity index (χ1v) is 9.24. The Hall–Kier alpha value is -2.60. The standard InChI is InChI=1S/C21H25ClN2O4/c1-12-17(13(2)23-18(12)20(27)28-6)16(25)11-24(21(3,4)5)19(26)14-9-7-8-10-15(14)22/h7-10,23H,11H2,1-6H3. The van der Waals surface area contributed by atoms with Gasteiger partial charge in [-0.1, -0.05) is 23.7 Å². The highest BCUT2D eigenvalue weighted by atomic mass is 35.5. The Balaban J connectivity index is 2.41. The zero-order chi connectivity index (χ0) is 21.2. The quantitative estimate of drug-likeness (QED) is 0.598. The third kappa shape index (κ3) is 4.28. The summed E-state index contributed by atoms with van der Waals surface area (Å²) in [5.41, 5.74) is 1.42. The Morgan fingerprint density at radius 1 is 1.14 bits per heavy atom. The molecule has 0 atom stereocenters. The minimum atomic E-state index is -0.616. The lowest BCUT2D eigenvalue weighted by Gasteiger charge is -2.35. The second-order valence-corrected chi connectivity index (χ2v) is 7.99. The molecular formula is C21H25ClN2O4. The normalized spacial score (nSPS) is 11.2. The molecule has 0 aliphatic heterocycles. The van der Waals surface area contributed by atoms with E-state index in [-0.39, 0.29) is 23.9 Å². The van der Waals surface area contributed by atoms with Crippen LogP contribution in [0.15, 0.2) is 24.3 Å². The first kappa shape index (κ1) is 21.7. The molecule has 150 valence electrons. The van der Waals surface area contributed by atoms with Gasteiger partial charge in [-0.25, -0.2) is 4.79 Å². The molecule has 0 fully saturated rings. The highest BCUT2D eigenvalue weighted by Gasteiger charge is 2.32. The number of esters is 1. The SMILES string of the molecule is COC(=O)c1[nH]c(C)c(C(=O)CN(C(=O)c2ccccc2Cl)C(C)(C)C)c1C. The number of aryl methyl sites for hydroxylation is 1. The van der Waals surface area contributed by atoms with Crippen LogP contribution < -0.4 is 0 Å². The maximum Gasteiger partial charge on any atom is 0.354 e. The fourth-order valence-electron chi connectivity index (χ4n) is 3.09. The molecule has 1 N–H and O–H groups in total. The zero-order valence-electron chi connectivity index (χ0n) is 17.0. The van der Waals surface area contributed by atoms with Crippen LogP contribution >= 0.6 is 11.6 Å². The van der Waals surface area contributed by atoms with Crippen LogP contribution in [-0.2, 0) is 4.74 Å². The van der Waals surface area contributed by atoms with Crippen molar-refractivity contribution >= 4 is 29.3 Å². The number of Topliss-reactive ketones (excluding diaryl/α,β-unsaturated/α-hetero) is 1. The van der Waals surface area contributed by atoms with Crippen molar-refractivity contribution in [2.75, 3.05) is 13.7 Å². The maximum atomic E-state index is 13.1. The molecular weight excluding hydrogens is 380 g/mol. The molecule has 1 aromatic heterocycles. The fraction of sp³-hybridized carbons (Fsp3) is 0.381. The Kier molecular flexibility index (Phi) is 6.34. The lowest BCUT2D eigenvalue weighted by atomic mass is 10.00. The van der Waals surface area contributed by atoms with E-state index in [0.29, 0.717) is 27.4 Å². The number of amides is 1. The predicted octanol–water partition coefficient (Wildman–Crippen LogP) is 4.20. The minimum absolute atomic E-state index is 0.145. The van der Waals surface area contributed by atoms with Crippen LogP contribution in [0.1, 0.15) is 63.2 Å². The highest BCUT2D eigenvalue weighted by Crippen LogP contribution is 2.25. The monoisotopic (exact) mass is 404 g/mol. The molecule has 2 aromatic rings. The number of halogens is 1. The van der Waals surface area contributed by atoms with Crippen LogP contribution in [0.2, 0.25) is 5.02 Å². The largest absolute Gasteiger partial charge is 0.464 e.